The summed E-state index contributed by atoms with van der Waals surface area (Å²) in [5.74, 6) is 0.00843. The van der Waals surface area contributed by atoms with E-state index in [4.69, 9.17) is 9.47 Å². The first kappa shape index (κ1) is 25.8. The SMILES string of the molecule is CC1(C)SCN(C(=O)C(O)C(Cc2ccccc2)NC(=O)OC2CCOC2)C1C(=O)NCC1CC1. The number of nitrogens with one attached hydrogen (secondary N) is 2. The summed E-state index contributed by atoms with van der Waals surface area (Å²) in [5, 5.41) is 16.8. The van der Waals surface area contributed by atoms with Crippen LogP contribution in [0.15, 0.2) is 30.3 Å². The fourth-order valence-electron chi connectivity index (χ4n) is 4.47. The number of nitrogens with zero attached hydrogens (tertiary/aromatic N) is 1. The van der Waals surface area contributed by atoms with Crippen molar-refractivity contribution in [3.63, 3.8) is 0 Å². The van der Waals surface area contributed by atoms with E-state index in [0.717, 1.165) is 18.4 Å². The molecule has 2 saturated heterocycles. The summed E-state index contributed by atoms with van der Waals surface area (Å²) >= 11 is 1.50. The summed E-state index contributed by atoms with van der Waals surface area (Å²) < 4.78 is 10.1. The van der Waals surface area contributed by atoms with Crippen LogP contribution in [0.4, 0.5) is 4.79 Å². The van der Waals surface area contributed by atoms with Crippen LogP contribution in [0.25, 0.3) is 0 Å². The van der Waals surface area contributed by atoms with Gasteiger partial charge in [-0.15, -0.1) is 11.8 Å². The number of benzene rings is 1. The molecule has 3 N–H and O–H groups in total. The molecule has 9 nitrogen and oxygen atoms in total. The largest absolute Gasteiger partial charge is 0.444 e. The topological polar surface area (TPSA) is 117 Å². The van der Waals surface area contributed by atoms with Gasteiger partial charge in [0.1, 0.15) is 12.1 Å². The number of aliphatic hydroxyl groups excluding tert-OH is 1. The molecule has 35 heavy (non-hydrogen) atoms. The predicted octanol–water partition coefficient (Wildman–Crippen LogP) is 1.68. The molecule has 4 unspecified atom stereocenters. The molecule has 3 amide bonds. The zero-order valence-electron chi connectivity index (χ0n) is 20.3. The molecule has 3 fully saturated rings. The fraction of sp³-hybridized carbons (Fsp3) is 0.640. The third kappa shape index (κ3) is 6.68. The lowest BCUT2D eigenvalue weighted by molar-refractivity contribution is -0.147. The summed E-state index contributed by atoms with van der Waals surface area (Å²) in [6.07, 6.45) is 0.457. The number of rotatable bonds is 9. The molecule has 1 aliphatic carbocycles. The Balaban J connectivity index is 1.47. The molecule has 10 heteroatoms. The van der Waals surface area contributed by atoms with E-state index in [-0.39, 0.29) is 24.3 Å². The number of alkyl carbamates (subject to hydrolysis) is 1. The lowest BCUT2D eigenvalue weighted by Crippen LogP contribution is -2.59. The number of aliphatic hydroxyl groups is 1. The quantitative estimate of drug-likeness (QED) is 0.467. The van der Waals surface area contributed by atoms with Gasteiger partial charge in [0, 0.05) is 17.7 Å². The van der Waals surface area contributed by atoms with Gasteiger partial charge in [-0.1, -0.05) is 30.3 Å². The maximum atomic E-state index is 13.5. The van der Waals surface area contributed by atoms with E-state index in [1.165, 1.54) is 16.7 Å². The first-order chi connectivity index (χ1) is 16.7. The van der Waals surface area contributed by atoms with Crippen molar-refractivity contribution in [3.8, 4) is 0 Å². The average Bonchev–Trinajstić information content (AvgIpc) is 3.42. The zero-order valence-corrected chi connectivity index (χ0v) is 21.1. The summed E-state index contributed by atoms with van der Waals surface area (Å²) in [4.78, 5) is 40.6. The number of carbonyl (C=O) groups is 3. The summed E-state index contributed by atoms with van der Waals surface area (Å²) in [6.45, 7) is 5.32. The van der Waals surface area contributed by atoms with Gasteiger partial charge in [0.15, 0.2) is 6.10 Å². The monoisotopic (exact) mass is 505 g/mol. The number of amides is 3. The molecule has 3 aliphatic rings. The molecule has 1 aromatic rings. The summed E-state index contributed by atoms with van der Waals surface area (Å²) in [6, 6.07) is 7.67. The Hall–Kier alpha value is -2.30. The zero-order chi connectivity index (χ0) is 25.0. The van der Waals surface area contributed by atoms with Crippen LogP contribution < -0.4 is 10.6 Å². The highest BCUT2D eigenvalue weighted by molar-refractivity contribution is 8.00. The van der Waals surface area contributed by atoms with E-state index in [1.807, 2.05) is 44.2 Å². The minimum atomic E-state index is -1.55. The molecule has 0 radical (unpaired) electrons. The number of ether oxygens (including phenoxy) is 2. The number of hydrogen-bond acceptors (Lipinski definition) is 7. The fourth-order valence-corrected chi connectivity index (χ4v) is 5.61. The van der Waals surface area contributed by atoms with Crippen molar-refractivity contribution >= 4 is 29.7 Å². The van der Waals surface area contributed by atoms with Crippen LogP contribution in [-0.4, -0.2) is 82.6 Å². The highest BCUT2D eigenvalue weighted by atomic mass is 32.2. The third-order valence-corrected chi connectivity index (χ3v) is 8.11. The molecule has 2 heterocycles. The second-order valence-corrected chi connectivity index (χ2v) is 11.7. The molecule has 192 valence electrons. The van der Waals surface area contributed by atoms with Gasteiger partial charge in [-0.3, -0.25) is 9.59 Å². The Labute approximate surface area is 210 Å². The maximum Gasteiger partial charge on any atom is 0.407 e. The second-order valence-electron chi connectivity index (χ2n) is 10.1. The molecule has 0 spiro atoms. The Kier molecular flexibility index (Phi) is 8.23. The van der Waals surface area contributed by atoms with Gasteiger partial charge in [-0.2, -0.15) is 0 Å². The van der Waals surface area contributed by atoms with Crippen molar-refractivity contribution in [3.05, 3.63) is 35.9 Å². The molecule has 2 aliphatic heterocycles. The molecular formula is C25H35N3O6S. The van der Waals surface area contributed by atoms with Gasteiger partial charge in [0.2, 0.25) is 5.91 Å². The normalized spacial score (nSPS) is 25.1. The van der Waals surface area contributed by atoms with Gasteiger partial charge in [0.25, 0.3) is 5.91 Å². The molecule has 0 aromatic heterocycles. The second kappa shape index (κ2) is 11.2. The van der Waals surface area contributed by atoms with Crippen LogP contribution in [0, 0.1) is 5.92 Å². The van der Waals surface area contributed by atoms with E-state index in [2.05, 4.69) is 10.6 Å². The van der Waals surface area contributed by atoms with Gasteiger partial charge in [-0.05, 0) is 44.6 Å². The number of hydrogen-bond donors (Lipinski definition) is 3. The Bertz CT molecular complexity index is 904. The van der Waals surface area contributed by atoms with Crippen LogP contribution >= 0.6 is 11.8 Å². The molecule has 4 atom stereocenters. The lowest BCUT2D eigenvalue weighted by atomic mass is 9.97. The van der Waals surface area contributed by atoms with E-state index in [9.17, 15) is 19.5 Å². The van der Waals surface area contributed by atoms with Crippen LogP contribution in [0.5, 0.6) is 0 Å². The molecule has 4 rings (SSSR count). The minimum absolute atomic E-state index is 0.208. The van der Waals surface area contributed by atoms with E-state index >= 15 is 0 Å². The predicted molar refractivity (Wildman–Crippen MR) is 132 cm³/mol. The van der Waals surface area contributed by atoms with Crippen LogP contribution in [0.2, 0.25) is 0 Å². The standard InChI is InChI=1S/C25H35N3O6S/c1-25(2)21(22(30)26-13-17-8-9-17)28(15-35-25)23(31)20(29)19(12-16-6-4-3-5-7-16)27-24(32)34-18-10-11-33-14-18/h3-7,17-21,29H,8-15H2,1-2H3,(H,26,30)(H,27,32). The summed E-state index contributed by atoms with van der Waals surface area (Å²) in [7, 11) is 0. The van der Waals surface area contributed by atoms with Crippen molar-refractivity contribution in [1.29, 1.82) is 0 Å². The van der Waals surface area contributed by atoms with Crippen molar-refractivity contribution < 1.29 is 29.0 Å². The van der Waals surface area contributed by atoms with Crippen LogP contribution in [-0.2, 0) is 25.5 Å². The average molecular weight is 506 g/mol. The van der Waals surface area contributed by atoms with Gasteiger partial charge >= 0.3 is 6.09 Å². The first-order valence-corrected chi connectivity index (χ1v) is 13.2. The Morgan fingerprint density at radius 2 is 1.97 bits per heavy atom. The van der Waals surface area contributed by atoms with E-state index < -0.39 is 34.9 Å². The number of carbonyl (C=O) groups excluding carboxylic acids is 3. The Morgan fingerprint density at radius 1 is 1.23 bits per heavy atom. The van der Waals surface area contributed by atoms with Crippen LogP contribution in [0.1, 0.15) is 38.7 Å². The molecule has 1 aromatic carbocycles. The van der Waals surface area contributed by atoms with Crippen molar-refractivity contribution in [2.75, 3.05) is 25.6 Å². The third-order valence-electron chi connectivity index (χ3n) is 6.74. The molecular weight excluding hydrogens is 470 g/mol. The van der Waals surface area contributed by atoms with Crippen molar-refractivity contribution in [2.45, 2.75) is 68.6 Å². The Morgan fingerprint density at radius 3 is 2.63 bits per heavy atom. The first-order valence-electron chi connectivity index (χ1n) is 12.2. The lowest BCUT2D eigenvalue weighted by Gasteiger charge is -2.33. The number of thioether (sulfide) groups is 1. The van der Waals surface area contributed by atoms with Gasteiger partial charge < -0.3 is 30.1 Å². The highest BCUT2D eigenvalue weighted by Gasteiger charge is 2.50. The molecule has 1 saturated carbocycles. The molecule has 0 bridgehead atoms. The van der Waals surface area contributed by atoms with Gasteiger partial charge in [0.05, 0.1) is 25.1 Å². The van der Waals surface area contributed by atoms with E-state index in [1.54, 1.807) is 0 Å². The van der Waals surface area contributed by atoms with Crippen molar-refractivity contribution in [1.82, 2.24) is 15.5 Å². The van der Waals surface area contributed by atoms with Gasteiger partial charge in [-0.25, -0.2) is 4.79 Å². The van der Waals surface area contributed by atoms with Crippen molar-refractivity contribution in [2.24, 2.45) is 5.92 Å². The van der Waals surface area contributed by atoms with Crippen LogP contribution in [0.3, 0.4) is 0 Å². The minimum Gasteiger partial charge on any atom is -0.444 e. The van der Waals surface area contributed by atoms with E-state index in [0.29, 0.717) is 32.1 Å². The summed E-state index contributed by atoms with van der Waals surface area (Å²) in [5.41, 5.74) is 0.851. The highest BCUT2D eigenvalue weighted by Crippen LogP contribution is 2.40. The maximum absolute atomic E-state index is 13.5. The smallest absolute Gasteiger partial charge is 0.407 e.